The zero-order valence-electron chi connectivity index (χ0n) is 6.98. The molecule has 0 atom stereocenters. The molecule has 0 aromatic heterocycles. The zero-order chi connectivity index (χ0) is 7.40. The predicted octanol–water partition coefficient (Wildman–Crippen LogP) is 1.37. The highest BCUT2D eigenvalue weighted by molar-refractivity contribution is 4.75. The van der Waals surface area contributed by atoms with Crippen LogP contribution < -0.4 is 10.6 Å². The first-order chi connectivity index (χ1) is 4.79. The van der Waals surface area contributed by atoms with E-state index >= 15 is 0 Å². The summed E-state index contributed by atoms with van der Waals surface area (Å²) in [5.74, 6) is 0. The highest BCUT2D eigenvalue weighted by Gasteiger charge is 2.12. The van der Waals surface area contributed by atoms with Gasteiger partial charge in [-0.3, -0.25) is 0 Å². The third-order valence-electron chi connectivity index (χ3n) is 1.91. The van der Waals surface area contributed by atoms with Gasteiger partial charge < -0.3 is 10.6 Å². The molecule has 2 N–H and O–H groups in total. The Bertz CT molecular complexity index is 85.6. The van der Waals surface area contributed by atoms with E-state index in [0.717, 1.165) is 6.04 Å². The van der Waals surface area contributed by atoms with Crippen molar-refractivity contribution in [2.75, 3.05) is 13.1 Å². The lowest BCUT2D eigenvalue weighted by atomic mass is 10.1. The minimum Gasteiger partial charge on any atom is -0.317 e. The minimum atomic E-state index is 0. The molecule has 0 unspecified atom stereocenters. The summed E-state index contributed by atoms with van der Waals surface area (Å²) < 4.78 is 0. The molecule has 0 bridgehead atoms. The van der Waals surface area contributed by atoms with Gasteiger partial charge in [0.2, 0.25) is 0 Å². The fourth-order valence-electron chi connectivity index (χ4n) is 1.46. The second-order valence-corrected chi connectivity index (χ2v) is 3.35. The fraction of sp³-hybridized carbons (Fsp3) is 1.00. The first-order valence-electron chi connectivity index (χ1n) is 4.26. The Balaban J connectivity index is 0.000001000. The van der Waals surface area contributed by atoms with Crippen LogP contribution in [-0.4, -0.2) is 25.2 Å². The molecule has 2 heteroatoms. The van der Waals surface area contributed by atoms with Crippen molar-refractivity contribution in [3.8, 4) is 0 Å². The van der Waals surface area contributed by atoms with Crippen molar-refractivity contribution in [1.29, 1.82) is 0 Å². The smallest absolute Gasteiger partial charge is 0.00935 e. The molecule has 0 aromatic carbocycles. The molecule has 1 heterocycles. The molecule has 1 fully saturated rings. The zero-order valence-corrected chi connectivity index (χ0v) is 6.98. The monoisotopic (exact) mass is 158 g/mol. The summed E-state index contributed by atoms with van der Waals surface area (Å²) in [6.45, 7) is 6.79. The summed E-state index contributed by atoms with van der Waals surface area (Å²) in [4.78, 5) is 0. The van der Waals surface area contributed by atoms with Crippen molar-refractivity contribution < 1.29 is 0 Å². The van der Waals surface area contributed by atoms with Crippen LogP contribution in [0.5, 0.6) is 0 Å². The number of rotatable bonds is 2. The molecular formula is C9H22N2. The molecule has 0 spiro atoms. The van der Waals surface area contributed by atoms with Gasteiger partial charge in [-0.25, -0.2) is 0 Å². The summed E-state index contributed by atoms with van der Waals surface area (Å²) in [7, 11) is 0. The molecule has 0 saturated carbocycles. The average Bonchev–Trinajstić information content (AvgIpc) is 1.88. The van der Waals surface area contributed by atoms with Crippen LogP contribution in [0.25, 0.3) is 0 Å². The van der Waals surface area contributed by atoms with Crippen molar-refractivity contribution in [3.05, 3.63) is 0 Å². The highest BCUT2D eigenvalue weighted by Crippen LogP contribution is 2.02. The van der Waals surface area contributed by atoms with Crippen LogP contribution in [0.3, 0.4) is 0 Å². The van der Waals surface area contributed by atoms with Gasteiger partial charge in [-0.05, 0) is 25.9 Å². The van der Waals surface area contributed by atoms with E-state index in [2.05, 4.69) is 24.5 Å². The van der Waals surface area contributed by atoms with Gasteiger partial charge in [0, 0.05) is 12.1 Å². The summed E-state index contributed by atoms with van der Waals surface area (Å²) in [6.07, 6.45) is 2.58. The standard InChI is InChI=1S/C8H18N2.CH4/c1-7(2)10-8-3-5-9-6-4-8;/h7-10H,3-6H2,1-2H3;1H4. The predicted molar refractivity (Wildman–Crippen MR) is 50.9 cm³/mol. The Kier molecular flexibility index (Phi) is 5.51. The van der Waals surface area contributed by atoms with Crippen molar-refractivity contribution in [3.63, 3.8) is 0 Å². The summed E-state index contributed by atoms with van der Waals surface area (Å²) in [5, 5.41) is 6.89. The maximum absolute atomic E-state index is 3.54. The molecule has 68 valence electrons. The molecular weight excluding hydrogens is 136 g/mol. The van der Waals surface area contributed by atoms with Gasteiger partial charge in [-0.1, -0.05) is 21.3 Å². The second kappa shape index (κ2) is 5.56. The molecule has 0 amide bonds. The van der Waals surface area contributed by atoms with E-state index < -0.39 is 0 Å². The molecule has 1 aliphatic rings. The molecule has 0 aromatic rings. The van der Waals surface area contributed by atoms with Crippen LogP contribution in [0, 0.1) is 0 Å². The first-order valence-corrected chi connectivity index (χ1v) is 4.26. The quantitative estimate of drug-likeness (QED) is 0.634. The van der Waals surface area contributed by atoms with Crippen LogP contribution in [0.4, 0.5) is 0 Å². The van der Waals surface area contributed by atoms with E-state index in [1.807, 2.05) is 0 Å². The third kappa shape index (κ3) is 4.38. The molecule has 1 rings (SSSR count). The number of hydrogen-bond donors (Lipinski definition) is 2. The van der Waals surface area contributed by atoms with E-state index in [-0.39, 0.29) is 7.43 Å². The molecule has 1 aliphatic heterocycles. The SMILES string of the molecule is C.CC(C)NC1CCNCC1. The lowest BCUT2D eigenvalue weighted by molar-refractivity contribution is 0.364. The van der Waals surface area contributed by atoms with Gasteiger partial charge >= 0.3 is 0 Å². The van der Waals surface area contributed by atoms with Crippen LogP contribution >= 0.6 is 0 Å². The van der Waals surface area contributed by atoms with Gasteiger partial charge in [0.1, 0.15) is 0 Å². The first kappa shape index (κ1) is 10.9. The molecule has 11 heavy (non-hydrogen) atoms. The van der Waals surface area contributed by atoms with Gasteiger partial charge in [-0.15, -0.1) is 0 Å². The molecule has 1 saturated heterocycles. The Hall–Kier alpha value is -0.0800. The van der Waals surface area contributed by atoms with Crippen molar-refractivity contribution in [2.45, 2.75) is 46.2 Å². The molecule has 2 nitrogen and oxygen atoms in total. The number of nitrogens with one attached hydrogen (secondary N) is 2. The summed E-state index contributed by atoms with van der Waals surface area (Å²) in [5.41, 5.74) is 0. The van der Waals surface area contributed by atoms with Gasteiger partial charge in [0.05, 0.1) is 0 Å². The van der Waals surface area contributed by atoms with E-state index in [1.54, 1.807) is 0 Å². The van der Waals surface area contributed by atoms with Gasteiger partial charge in [0.15, 0.2) is 0 Å². The molecule has 0 radical (unpaired) electrons. The third-order valence-corrected chi connectivity index (χ3v) is 1.91. The normalized spacial score (nSPS) is 19.9. The number of piperidine rings is 1. The second-order valence-electron chi connectivity index (χ2n) is 3.35. The van der Waals surface area contributed by atoms with E-state index in [4.69, 9.17) is 0 Å². The lowest BCUT2D eigenvalue weighted by Gasteiger charge is -2.25. The van der Waals surface area contributed by atoms with Crippen LogP contribution in [-0.2, 0) is 0 Å². The Morgan fingerprint density at radius 2 is 1.82 bits per heavy atom. The minimum absolute atomic E-state index is 0. The van der Waals surface area contributed by atoms with Crippen molar-refractivity contribution in [2.24, 2.45) is 0 Å². The van der Waals surface area contributed by atoms with Crippen LogP contribution in [0.2, 0.25) is 0 Å². The average molecular weight is 158 g/mol. The largest absolute Gasteiger partial charge is 0.317 e. The maximum Gasteiger partial charge on any atom is 0.00935 e. The van der Waals surface area contributed by atoms with E-state index in [0.29, 0.717) is 6.04 Å². The topological polar surface area (TPSA) is 24.1 Å². The highest BCUT2D eigenvalue weighted by atomic mass is 15.0. The van der Waals surface area contributed by atoms with Gasteiger partial charge in [0.25, 0.3) is 0 Å². The van der Waals surface area contributed by atoms with Crippen molar-refractivity contribution in [1.82, 2.24) is 10.6 Å². The maximum atomic E-state index is 3.54. The summed E-state index contributed by atoms with van der Waals surface area (Å²) >= 11 is 0. The Labute approximate surface area is 70.8 Å². The summed E-state index contributed by atoms with van der Waals surface area (Å²) in [6, 6.07) is 1.41. The van der Waals surface area contributed by atoms with Crippen LogP contribution in [0.1, 0.15) is 34.1 Å². The van der Waals surface area contributed by atoms with Gasteiger partial charge in [-0.2, -0.15) is 0 Å². The molecule has 0 aliphatic carbocycles. The van der Waals surface area contributed by atoms with Crippen LogP contribution in [0.15, 0.2) is 0 Å². The van der Waals surface area contributed by atoms with Crippen molar-refractivity contribution >= 4 is 0 Å². The lowest BCUT2D eigenvalue weighted by Crippen LogP contribution is -2.42. The van der Waals surface area contributed by atoms with E-state index in [9.17, 15) is 0 Å². The fourth-order valence-corrected chi connectivity index (χ4v) is 1.46. The van der Waals surface area contributed by atoms with E-state index in [1.165, 1.54) is 25.9 Å². The number of hydrogen-bond acceptors (Lipinski definition) is 2. The Morgan fingerprint density at radius 1 is 1.27 bits per heavy atom. The Morgan fingerprint density at radius 3 is 2.27 bits per heavy atom.